The highest BCUT2D eigenvalue weighted by molar-refractivity contribution is 5.26. The molecule has 0 saturated carbocycles. The molecular weight excluding hydrogens is 284 g/mol. The molecule has 130 valence electrons. The van der Waals surface area contributed by atoms with E-state index in [1.165, 1.54) is 37.1 Å². The molecule has 0 aromatic heterocycles. The first-order valence-electron chi connectivity index (χ1n) is 9.12. The maximum absolute atomic E-state index is 5.46. The molecule has 1 N–H and O–H groups in total. The number of likely N-dealkylation sites (tertiary alicyclic amines) is 1. The molecule has 0 aliphatic carbocycles. The molecule has 23 heavy (non-hydrogen) atoms. The van der Waals surface area contributed by atoms with Crippen molar-refractivity contribution in [3.63, 3.8) is 0 Å². The van der Waals surface area contributed by atoms with Gasteiger partial charge in [-0.1, -0.05) is 24.3 Å². The summed E-state index contributed by atoms with van der Waals surface area (Å²) in [5.41, 5.74) is 3.05. The largest absolute Gasteiger partial charge is 0.380 e. The van der Waals surface area contributed by atoms with Crippen LogP contribution >= 0.6 is 0 Å². The third kappa shape index (κ3) is 6.62. The van der Waals surface area contributed by atoms with E-state index >= 15 is 0 Å². The molecule has 1 heterocycles. The van der Waals surface area contributed by atoms with Crippen LogP contribution in [0.3, 0.4) is 0 Å². The lowest BCUT2D eigenvalue weighted by molar-refractivity contribution is 0.102. The molecule has 0 radical (unpaired) electrons. The molecule has 1 fully saturated rings. The molecule has 1 aromatic carbocycles. The summed E-state index contributed by atoms with van der Waals surface area (Å²) < 4.78 is 5.46. The molecule has 0 unspecified atom stereocenters. The number of rotatable bonds is 7. The van der Waals surface area contributed by atoms with E-state index < -0.39 is 0 Å². The fourth-order valence-corrected chi connectivity index (χ4v) is 3.10. The molecule has 1 aliphatic rings. The maximum Gasteiger partial charge on any atom is 0.0593 e. The van der Waals surface area contributed by atoms with Gasteiger partial charge in [-0.2, -0.15) is 0 Å². The van der Waals surface area contributed by atoms with Gasteiger partial charge in [0, 0.05) is 25.2 Å². The zero-order valence-corrected chi connectivity index (χ0v) is 15.4. The Morgan fingerprint density at radius 2 is 1.78 bits per heavy atom. The third-order valence-corrected chi connectivity index (χ3v) is 4.62. The Labute approximate surface area is 142 Å². The van der Waals surface area contributed by atoms with E-state index in [2.05, 4.69) is 62.2 Å². The molecule has 0 spiro atoms. The predicted molar refractivity (Wildman–Crippen MR) is 97.9 cm³/mol. The number of nitrogens with one attached hydrogen (secondary N) is 1. The Kier molecular flexibility index (Phi) is 7.07. The second kappa shape index (κ2) is 8.81. The van der Waals surface area contributed by atoms with Crippen molar-refractivity contribution in [3.8, 4) is 0 Å². The molecule has 1 aliphatic heterocycles. The van der Waals surface area contributed by atoms with Crippen LogP contribution in [0.5, 0.6) is 0 Å². The van der Waals surface area contributed by atoms with Crippen LogP contribution in [0.4, 0.5) is 0 Å². The lowest BCUT2D eigenvalue weighted by Gasteiger charge is -2.32. The second-order valence-corrected chi connectivity index (χ2v) is 7.66. The van der Waals surface area contributed by atoms with Gasteiger partial charge in [0.2, 0.25) is 0 Å². The maximum atomic E-state index is 5.46. The number of piperidine rings is 1. The third-order valence-electron chi connectivity index (χ3n) is 4.62. The normalized spacial score (nSPS) is 17.6. The van der Waals surface area contributed by atoms with Crippen molar-refractivity contribution in [2.24, 2.45) is 0 Å². The number of benzene rings is 1. The van der Waals surface area contributed by atoms with Gasteiger partial charge in [-0.3, -0.25) is 0 Å². The van der Waals surface area contributed by atoms with E-state index in [0.29, 0.717) is 0 Å². The fourth-order valence-electron chi connectivity index (χ4n) is 3.10. The SMILES string of the molecule is CCOCCN1CCC(c2ccc(CNC(C)(C)C)cc2)CC1. The van der Waals surface area contributed by atoms with Gasteiger partial charge in [0.05, 0.1) is 6.61 Å². The lowest BCUT2D eigenvalue weighted by Crippen LogP contribution is -2.35. The minimum atomic E-state index is 0.174. The first kappa shape index (κ1) is 18.4. The Balaban J connectivity index is 1.77. The van der Waals surface area contributed by atoms with E-state index in [0.717, 1.165) is 32.2 Å². The van der Waals surface area contributed by atoms with Crippen LogP contribution in [0.2, 0.25) is 0 Å². The van der Waals surface area contributed by atoms with E-state index in [-0.39, 0.29) is 5.54 Å². The van der Waals surface area contributed by atoms with Crippen molar-refractivity contribution in [1.29, 1.82) is 0 Å². The average molecular weight is 319 g/mol. The first-order valence-corrected chi connectivity index (χ1v) is 9.12. The number of hydrogen-bond donors (Lipinski definition) is 1. The van der Waals surface area contributed by atoms with Crippen LogP contribution in [0.25, 0.3) is 0 Å². The average Bonchev–Trinajstić information content (AvgIpc) is 2.54. The molecular formula is C20H34N2O. The highest BCUT2D eigenvalue weighted by atomic mass is 16.5. The van der Waals surface area contributed by atoms with Gasteiger partial charge in [-0.25, -0.2) is 0 Å². The van der Waals surface area contributed by atoms with Gasteiger partial charge in [-0.05, 0) is 70.7 Å². The van der Waals surface area contributed by atoms with E-state index in [9.17, 15) is 0 Å². The van der Waals surface area contributed by atoms with Crippen molar-refractivity contribution in [3.05, 3.63) is 35.4 Å². The van der Waals surface area contributed by atoms with Gasteiger partial charge in [0.15, 0.2) is 0 Å². The standard InChI is InChI=1S/C20H34N2O/c1-5-23-15-14-22-12-10-19(11-13-22)18-8-6-17(7-9-18)16-21-20(2,3)4/h6-9,19,21H,5,10-16H2,1-4H3. The van der Waals surface area contributed by atoms with Crippen LogP contribution < -0.4 is 5.32 Å². The summed E-state index contributed by atoms with van der Waals surface area (Å²) >= 11 is 0. The second-order valence-electron chi connectivity index (χ2n) is 7.66. The van der Waals surface area contributed by atoms with Crippen LogP contribution in [-0.2, 0) is 11.3 Å². The van der Waals surface area contributed by atoms with Crippen molar-refractivity contribution >= 4 is 0 Å². The molecule has 1 aromatic rings. The topological polar surface area (TPSA) is 24.5 Å². The molecule has 3 nitrogen and oxygen atoms in total. The number of hydrogen-bond acceptors (Lipinski definition) is 3. The minimum Gasteiger partial charge on any atom is -0.380 e. The Morgan fingerprint density at radius 1 is 1.13 bits per heavy atom. The van der Waals surface area contributed by atoms with Crippen molar-refractivity contribution in [1.82, 2.24) is 10.2 Å². The predicted octanol–water partition coefficient (Wildman–Crippen LogP) is 3.79. The summed E-state index contributed by atoms with van der Waals surface area (Å²) in [6.45, 7) is 14.8. The monoisotopic (exact) mass is 318 g/mol. The highest BCUT2D eigenvalue weighted by Crippen LogP contribution is 2.28. The van der Waals surface area contributed by atoms with Crippen molar-refractivity contribution < 1.29 is 4.74 Å². The van der Waals surface area contributed by atoms with Crippen LogP contribution in [-0.4, -0.2) is 43.3 Å². The Bertz CT molecular complexity index is 442. The minimum absolute atomic E-state index is 0.174. The molecule has 0 bridgehead atoms. The van der Waals surface area contributed by atoms with E-state index in [1.807, 2.05) is 0 Å². The van der Waals surface area contributed by atoms with E-state index in [1.54, 1.807) is 0 Å². The van der Waals surface area contributed by atoms with Gasteiger partial charge < -0.3 is 15.0 Å². The quantitative estimate of drug-likeness (QED) is 0.774. The van der Waals surface area contributed by atoms with Gasteiger partial charge in [0.1, 0.15) is 0 Å². The highest BCUT2D eigenvalue weighted by Gasteiger charge is 2.20. The molecule has 1 saturated heterocycles. The summed E-state index contributed by atoms with van der Waals surface area (Å²) in [6.07, 6.45) is 2.54. The van der Waals surface area contributed by atoms with Gasteiger partial charge >= 0.3 is 0 Å². The molecule has 0 atom stereocenters. The van der Waals surface area contributed by atoms with Gasteiger partial charge in [0.25, 0.3) is 0 Å². The summed E-state index contributed by atoms with van der Waals surface area (Å²) in [7, 11) is 0. The fraction of sp³-hybridized carbons (Fsp3) is 0.700. The first-order chi connectivity index (χ1) is 11.0. The summed E-state index contributed by atoms with van der Waals surface area (Å²) in [5, 5.41) is 3.55. The number of ether oxygens (including phenoxy) is 1. The molecule has 0 amide bonds. The Morgan fingerprint density at radius 3 is 2.35 bits per heavy atom. The summed E-state index contributed by atoms with van der Waals surface area (Å²) in [6, 6.07) is 9.24. The van der Waals surface area contributed by atoms with Gasteiger partial charge in [-0.15, -0.1) is 0 Å². The summed E-state index contributed by atoms with van der Waals surface area (Å²) in [4.78, 5) is 2.54. The molecule has 3 heteroatoms. The van der Waals surface area contributed by atoms with Crippen LogP contribution in [0.15, 0.2) is 24.3 Å². The zero-order chi connectivity index (χ0) is 16.7. The smallest absolute Gasteiger partial charge is 0.0593 e. The zero-order valence-electron chi connectivity index (χ0n) is 15.4. The van der Waals surface area contributed by atoms with Crippen molar-refractivity contribution in [2.75, 3.05) is 32.8 Å². The summed E-state index contributed by atoms with van der Waals surface area (Å²) in [5.74, 6) is 0.725. The number of nitrogens with zero attached hydrogens (tertiary/aromatic N) is 1. The van der Waals surface area contributed by atoms with Crippen molar-refractivity contribution in [2.45, 2.75) is 58.5 Å². The lowest BCUT2D eigenvalue weighted by atomic mass is 9.89. The van der Waals surface area contributed by atoms with E-state index in [4.69, 9.17) is 4.74 Å². The Hall–Kier alpha value is -0.900. The van der Waals surface area contributed by atoms with Crippen LogP contribution in [0, 0.1) is 0 Å². The van der Waals surface area contributed by atoms with Crippen LogP contribution in [0.1, 0.15) is 57.6 Å². The molecule has 2 rings (SSSR count).